The van der Waals surface area contributed by atoms with Crippen LogP contribution >= 0.6 is 23.4 Å². The first-order valence-electron chi connectivity index (χ1n) is 10.6. The fourth-order valence-corrected chi connectivity index (χ4v) is 4.58. The summed E-state index contributed by atoms with van der Waals surface area (Å²) >= 11 is 7.71. The summed E-state index contributed by atoms with van der Waals surface area (Å²) in [6, 6.07) is 18.1. The average molecular weight is 494 g/mol. The summed E-state index contributed by atoms with van der Waals surface area (Å²) in [7, 11) is 1.61. The van der Waals surface area contributed by atoms with E-state index in [-0.39, 0.29) is 11.2 Å². The molecule has 3 aromatic heterocycles. The van der Waals surface area contributed by atoms with E-state index in [4.69, 9.17) is 25.5 Å². The third kappa shape index (κ3) is 4.34. The molecule has 0 radical (unpaired) electrons. The quantitative estimate of drug-likeness (QED) is 0.202. The highest BCUT2D eigenvalue weighted by Crippen LogP contribution is 2.32. The van der Waals surface area contributed by atoms with Crippen LogP contribution < -0.4 is 14.9 Å². The number of benzene rings is 2. The van der Waals surface area contributed by atoms with E-state index in [0.717, 1.165) is 16.5 Å². The molecule has 0 fully saturated rings. The minimum atomic E-state index is -0.196. The molecule has 2 aromatic carbocycles. The predicted molar refractivity (Wildman–Crippen MR) is 133 cm³/mol. The first kappa shape index (κ1) is 22.3. The van der Waals surface area contributed by atoms with Crippen LogP contribution in [0, 0.1) is 0 Å². The Balaban J connectivity index is 1.34. The van der Waals surface area contributed by atoms with Gasteiger partial charge in [-0.3, -0.25) is 9.20 Å². The second-order valence-corrected chi connectivity index (χ2v) is 8.87. The van der Waals surface area contributed by atoms with Crippen LogP contribution in [0.3, 0.4) is 0 Å². The molecule has 0 unspecified atom stereocenters. The van der Waals surface area contributed by atoms with Gasteiger partial charge in [0.25, 0.3) is 0 Å². The maximum absolute atomic E-state index is 13.2. The maximum Gasteiger partial charge on any atom is 0.235 e. The number of hydrogen-bond donors (Lipinski definition) is 0. The summed E-state index contributed by atoms with van der Waals surface area (Å²) in [6.45, 7) is 0.344. The fourth-order valence-electron chi connectivity index (χ4n) is 3.55. The van der Waals surface area contributed by atoms with Crippen molar-refractivity contribution in [2.45, 2.75) is 11.6 Å². The van der Waals surface area contributed by atoms with E-state index in [9.17, 15) is 4.79 Å². The van der Waals surface area contributed by atoms with Gasteiger partial charge >= 0.3 is 0 Å². The van der Waals surface area contributed by atoms with Gasteiger partial charge in [0.15, 0.2) is 16.6 Å². The minimum absolute atomic E-state index is 0.196. The van der Waals surface area contributed by atoms with Gasteiger partial charge in [-0.25, -0.2) is 0 Å². The number of thioether (sulfide) groups is 1. The summed E-state index contributed by atoms with van der Waals surface area (Å²) < 4.78 is 19.2. The van der Waals surface area contributed by atoms with Crippen molar-refractivity contribution in [1.82, 2.24) is 14.6 Å². The zero-order valence-corrected chi connectivity index (χ0v) is 19.8. The van der Waals surface area contributed by atoms with Crippen molar-refractivity contribution in [2.75, 3.05) is 19.5 Å². The topological polar surface area (TPSA) is 78.9 Å². The van der Waals surface area contributed by atoms with Gasteiger partial charge in [0.05, 0.1) is 24.1 Å². The second kappa shape index (κ2) is 9.79. The minimum Gasteiger partial charge on any atom is -0.497 e. The van der Waals surface area contributed by atoms with Gasteiger partial charge in [0.1, 0.15) is 11.3 Å². The van der Waals surface area contributed by atoms with Crippen LogP contribution in [-0.4, -0.2) is 34.1 Å². The fraction of sp³-hybridized carbons (Fsp3) is 0.160. The molecule has 5 aromatic rings. The average Bonchev–Trinajstić information content (AvgIpc) is 3.29. The Morgan fingerprint density at radius 3 is 2.71 bits per heavy atom. The normalized spacial score (nSPS) is 11.2. The predicted octanol–water partition coefficient (Wildman–Crippen LogP) is 5.73. The van der Waals surface area contributed by atoms with E-state index >= 15 is 0 Å². The summed E-state index contributed by atoms with van der Waals surface area (Å²) in [5.74, 6) is 2.05. The lowest BCUT2D eigenvalue weighted by Gasteiger charge is -2.12. The number of methoxy groups -OCH3 is 1. The summed E-state index contributed by atoms with van der Waals surface area (Å²) in [6.07, 6.45) is 2.57. The Kier molecular flexibility index (Phi) is 6.42. The van der Waals surface area contributed by atoms with Crippen molar-refractivity contribution in [1.29, 1.82) is 0 Å². The number of nitrogens with zero attached hydrogens (tertiary/aromatic N) is 3. The molecule has 0 spiro atoms. The molecule has 0 saturated carbocycles. The van der Waals surface area contributed by atoms with E-state index in [2.05, 4.69) is 10.2 Å². The van der Waals surface area contributed by atoms with Gasteiger partial charge < -0.3 is 13.9 Å². The highest BCUT2D eigenvalue weighted by molar-refractivity contribution is 7.99. The van der Waals surface area contributed by atoms with Gasteiger partial charge in [-0.1, -0.05) is 35.5 Å². The number of hydrogen-bond acceptors (Lipinski definition) is 7. The van der Waals surface area contributed by atoms with Crippen molar-refractivity contribution in [2.24, 2.45) is 0 Å². The van der Waals surface area contributed by atoms with E-state index < -0.39 is 0 Å². The second-order valence-electron chi connectivity index (χ2n) is 7.40. The van der Waals surface area contributed by atoms with Crippen LogP contribution in [-0.2, 0) is 0 Å². The molecule has 0 aliphatic heterocycles. The van der Waals surface area contributed by atoms with Crippen molar-refractivity contribution in [3.05, 3.63) is 82.1 Å². The monoisotopic (exact) mass is 493 g/mol. The lowest BCUT2D eigenvalue weighted by molar-refractivity contribution is 0.310. The third-order valence-electron chi connectivity index (χ3n) is 5.23. The number of pyridine rings is 1. The zero-order valence-electron chi connectivity index (χ0n) is 18.2. The zero-order chi connectivity index (χ0) is 23.5. The van der Waals surface area contributed by atoms with Crippen LogP contribution in [0.4, 0.5) is 0 Å². The van der Waals surface area contributed by atoms with Gasteiger partial charge in [-0.2, -0.15) is 0 Å². The summed E-state index contributed by atoms with van der Waals surface area (Å²) in [5, 5.41) is 10.1. The molecule has 34 heavy (non-hydrogen) atoms. The molecule has 0 saturated heterocycles. The molecular formula is C25H20ClN3O4S. The number of ether oxygens (including phenoxy) is 2. The smallest absolute Gasteiger partial charge is 0.235 e. The molecule has 9 heteroatoms. The standard InChI is InChI=1S/C25H20ClN3O4S/c1-31-17-11-9-16(10-12-17)22-23(21(30)18-6-2-3-8-20(18)33-22)32-14-5-15-34-25-28-27-24-19(26)7-4-13-29(24)25/h2-4,6-13H,5,14-15H2,1H3. The first-order valence-corrected chi connectivity index (χ1v) is 12.0. The van der Waals surface area contributed by atoms with Crippen LogP contribution in [0.2, 0.25) is 5.02 Å². The first-order chi connectivity index (χ1) is 16.7. The van der Waals surface area contributed by atoms with Crippen molar-refractivity contribution < 1.29 is 13.9 Å². The van der Waals surface area contributed by atoms with E-state index in [1.165, 1.54) is 0 Å². The number of rotatable bonds is 8. The Bertz CT molecular complexity index is 1510. The summed E-state index contributed by atoms with van der Waals surface area (Å²) in [4.78, 5) is 13.2. The molecule has 5 rings (SSSR count). The SMILES string of the molecule is COc1ccc(-c2oc3ccccc3c(=O)c2OCCCSc2nnc3c(Cl)cccn23)cc1. The largest absolute Gasteiger partial charge is 0.497 e. The van der Waals surface area contributed by atoms with E-state index in [1.807, 2.05) is 53.1 Å². The molecule has 0 atom stereocenters. The third-order valence-corrected chi connectivity index (χ3v) is 6.55. The number of halogens is 1. The van der Waals surface area contributed by atoms with Crippen LogP contribution in [0.25, 0.3) is 27.9 Å². The van der Waals surface area contributed by atoms with Crippen molar-refractivity contribution >= 4 is 40.0 Å². The summed E-state index contributed by atoms with van der Waals surface area (Å²) in [5.41, 5.74) is 1.68. The Hall–Kier alpha value is -3.49. The number of fused-ring (bicyclic) bond motifs is 2. The Morgan fingerprint density at radius 2 is 1.88 bits per heavy atom. The van der Waals surface area contributed by atoms with Gasteiger partial charge in [0, 0.05) is 17.5 Å². The molecule has 0 N–H and O–H groups in total. The van der Waals surface area contributed by atoms with Gasteiger partial charge in [-0.05, 0) is 55.0 Å². The maximum atomic E-state index is 13.2. The molecule has 0 bridgehead atoms. The highest BCUT2D eigenvalue weighted by atomic mass is 35.5. The van der Waals surface area contributed by atoms with Crippen LogP contribution in [0.5, 0.6) is 11.5 Å². The lowest BCUT2D eigenvalue weighted by atomic mass is 10.1. The highest BCUT2D eigenvalue weighted by Gasteiger charge is 2.18. The molecule has 0 amide bonds. The van der Waals surface area contributed by atoms with Crippen molar-refractivity contribution in [3.8, 4) is 22.8 Å². The number of aromatic nitrogens is 3. The van der Waals surface area contributed by atoms with E-state index in [0.29, 0.717) is 46.2 Å². The molecule has 172 valence electrons. The Labute approximate surface area is 204 Å². The van der Waals surface area contributed by atoms with Crippen LogP contribution in [0.1, 0.15) is 6.42 Å². The number of para-hydroxylation sites is 1. The molecular weight excluding hydrogens is 474 g/mol. The molecule has 7 nitrogen and oxygen atoms in total. The van der Waals surface area contributed by atoms with Gasteiger partial charge in [0.2, 0.25) is 11.2 Å². The lowest BCUT2D eigenvalue weighted by Crippen LogP contribution is -2.11. The molecule has 3 heterocycles. The van der Waals surface area contributed by atoms with E-state index in [1.54, 1.807) is 37.1 Å². The van der Waals surface area contributed by atoms with Crippen LogP contribution in [0.15, 0.2) is 81.2 Å². The van der Waals surface area contributed by atoms with Gasteiger partial charge in [-0.15, -0.1) is 10.2 Å². The van der Waals surface area contributed by atoms with Crippen molar-refractivity contribution in [3.63, 3.8) is 0 Å². The Morgan fingerprint density at radius 1 is 1.06 bits per heavy atom. The molecule has 0 aliphatic rings. The molecule has 0 aliphatic carbocycles.